The molecule has 106 valence electrons. The molecule has 0 fully saturated rings. The Kier molecular flexibility index (Phi) is 4.42. The topological polar surface area (TPSA) is 61.0 Å². The Bertz CT molecular complexity index is 647. The van der Waals surface area contributed by atoms with Crippen LogP contribution >= 0.6 is 22.6 Å². The van der Waals surface area contributed by atoms with E-state index in [1.54, 1.807) is 12.1 Å². The molecule has 6 heteroatoms. The van der Waals surface area contributed by atoms with Gasteiger partial charge in [-0.2, -0.15) is 0 Å². The molecule has 2 rings (SSSR count). The minimum Gasteiger partial charge on any atom is -0.494 e. The number of nitrogens with zero attached hydrogens (tertiary/aromatic N) is 2. The van der Waals surface area contributed by atoms with Crippen molar-refractivity contribution in [3.05, 3.63) is 33.3 Å². The van der Waals surface area contributed by atoms with Crippen molar-refractivity contribution < 1.29 is 9.13 Å². The Morgan fingerprint density at radius 2 is 2.00 bits per heavy atom. The number of hydrogen-bond acceptors (Lipinski definition) is 4. The average Bonchev–Trinajstić information content (AvgIpc) is 2.41. The monoisotopic (exact) mass is 387 g/mol. The smallest absolute Gasteiger partial charge is 0.165 e. The molecule has 0 aliphatic carbocycles. The third kappa shape index (κ3) is 2.84. The summed E-state index contributed by atoms with van der Waals surface area (Å²) in [6, 6.07) is 4.62. The van der Waals surface area contributed by atoms with Gasteiger partial charge in [0.1, 0.15) is 5.82 Å². The predicted molar refractivity (Wildman–Crippen MR) is 85.2 cm³/mol. The number of halogens is 2. The van der Waals surface area contributed by atoms with Crippen molar-refractivity contribution in [3.63, 3.8) is 0 Å². The summed E-state index contributed by atoms with van der Waals surface area (Å²) in [7, 11) is 1.42. The second-order valence-corrected chi connectivity index (χ2v) is 5.71. The molecule has 0 aliphatic rings. The lowest BCUT2D eigenvalue weighted by atomic mass is 10.1. The maximum Gasteiger partial charge on any atom is 0.165 e. The van der Waals surface area contributed by atoms with Gasteiger partial charge in [0, 0.05) is 5.56 Å². The largest absolute Gasteiger partial charge is 0.494 e. The summed E-state index contributed by atoms with van der Waals surface area (Å²) in [6.07, 6.45) is 0. The van der Waals surface area contributed by atoms with E-state index in [2.05, 4.69) is 32.6 Å². The summed E-state index contributed by atoms with van der Waals surface area (Å²) in [5.41, 5.74) is 7.36. The van der Waals surface area contributed by atoms with E-state index in [4.69, 9.17) is 10.5 Å². The Balaban J connectivity index is 2.55. The third-order valence-corrected chi connectivity index (χ3v) is 3.96. The van der Waals surface area contributed by atoms with Crippen molar-refractivity contribution in [3.8, 4) is 17.1 Å². The van der Waals surface area contributed by atoms with Crippen LogP contribution in [-0.4, -0.2) is 17.1 Å². The van der Waals surface area contributed by atoms with Gasteiger partial charge in [-0.05, 0) is 46.7 Å². The number of nitrogens with two attached hydrogens (primary N) is 1. The first-order chi connectivity index (χ1) is 9.43. The van der Waals surface area contributed by atoms with Crippen LogP contribution < -0.4 is 10.5 Å². The molecule has 2 N–H and O–H groups in total. The summed E-state index contributed by atoms with van der Waals surface area (Å²) in [5.74, 6) is 0.797. The molecule has 0 bridgehead atoms. The maximum atomic E-state index is 13.8. The van der Waals surface area contributed by atoms with Gasteiger partial charge in [-0.15, -0.1) is 0 Å². The molecule has 0 unspecified atom stereocenters. The normalized spacial score (nSPS) is 10.9. The van der Waals surface area contributed by atoms with Crippen LogP contribution in [0.2, 0.25) is 0 Å². The van der Waals surface area contributed by atoms with E-state index in [0.29, 0.717) is 17.2 Å². The Morgan fingerprint density at radius 1 is 1.30 bits per heavy atom. The van der Waals surface area contributed by atoms with E-state index >= 15 is 0 Å². The number of rotatable bonds is 3. The van der Waals surface area contributed by atoms with Gasteiger partial charge in [-0.1, -0.05) is 13.8 Å². The summed E-state index contributed by atoms with van der Waals surface area (Å²) in [4.78, 5) is 8.73. The zero-order chi connectivity index (χ0) is 14.9. The van der Waals surface area contributed by atoms with E-state index in [-0.39, 0.29) is 11.7 Å². The van der Waals surface area contributed by atoms with Gasteiger partial charge in [0.2, 0.25) is 0 Å². The van der Waals surface area contributed by atoms with Gasteiger partial charge in [0.15, 0.2) is 17.4 Å². The van der Waals surface area contributed by atoms with E-state index in [9.17, 15) is 4.39 Å². The lowest BCUT2D eigenvalue weighted by molar-refractivity contribution is 0.386. The fraction of sp³-hybridized carbons (Fsp3) is 0.286. The summed E-state index contributed by atoms with van der Waals surface area (Å²) in [6.45, 7) is 4.06. The molecule has 0 saturated heterocycles. The van der Waals surface area contributed by atoms with Crippen LogP contribution in [0.4, 0.5) is 10.2 Å². The number of anilines is 1. The molecule has 2 aromatic rings. The first-order valence-corrected chi connectivity index (χ1v) is 7.18. The highest BCUT2D eigenvalue weighted by molar-refractivity contribution is 14.1. The minimum absolute atomic E-state index is 0.191. The van der Waals surface area contributed by atoms with Crippen LogP contribution in [-0.2, 0) is 0 Å². The lowest BCUT2D eigenvalue weighted by Crippen LogP contribution is -2.06. The lowest BCUT2D eigenvalue weighted by Gasteiger charge is -2.12. The molecule has 0 spiro atoms. The quantitative estimate of drug-likeness (QED) is 0.818. The van der Waals surface area contributed by atoms with Crippen molar-refractivity contribution in [2.45, 2.75) is 19.8 Å². The molecule has 20 heavy (non-hydrogen) atoms. The summed E-state index contributed by atoms with van der Waals surface area (Å²) < 4.78 is 19.5. The second-order valence-electron chi connectivity index (χ2n) is 4.64. The zero-order valence-electron chi connectivity index (χ0n) is 11.4. The minimum atomic E-state index is -0.447. The molecule has 0 saturated carbocycles. The number of methoxy groups -OCH3 is 1. The number of ether oxygens (including phenoxy) is 1. The first kappa shape index (κ1) is 15.0. The molecule has 1 aromatic carbocycles. The highest BCUT2D eigenvalue weighted by Gasteiger charge is 2.15. The number of aromatic nitrogens is 2. The van der Waals surface area contributed by atoms with E-state index in [0.717, 1.165) is 9.26 Å². The maximum absolute atomic E-state index is 13.8. The molecular formula is C14H15FIN3O. The van der Waals surface area contributed by atoms with Crippen LogP contribution in [0.3, 0.4) is 0 Å². The van der Waals surface area contributed by atoms with Gasteiger partial charge in [-0.3, -0.25) is 0 Å². The molecule has 1 heterocycles. The van der Waals surface area contributed by atoms with Gasteiger partial charge in [-0.25, -0.2) is 14.4 Å². The van der Waals surface area contributed by atoms with Crippen LogP contribution in [0.25, 0.3) is 11.4 Å². The van der Waals surface area contributed by atoms with E-state index in [1.807, 2.05) is 13.8 Å². The van der Waals surface area contributed by atoms with Crippen molar-refractivity contribution in [2.75, 3.05) is 12.8 Å². The van der Waals surface area contributed by atoms with Gasteiger partial charge < -0.3 is 10.5 Å². The van der Waals surface area contributed by atoms with Crippen LogP contribution in [0.1, 0.15) is 25.5 Å². The summed E-state index contributed by atoms with van der Waals surface area (Å²) in [5, 5.41) is 0. The van der Waals surface area contributed by atoms with E-state index in [1.165, 1.54) is 13.2 Å². The SMILES string of the molecule is COc1ccc(-c2nc(N)c(I)c(C(C)C)n2)cc1F. The standard InChI is InChI=1S/C14H15FIN3O/c1-7(2)12-11(16)13(17)19-14(18-12)8-4-5-10(20-3)9(15)6-8/h4-7H,1-3H3,(H2,17,18,19). The second kappa shape index (κ2) is 5.90. The van der Waals surface area contributed by atoms with Crippen LogP contribution in [0.5, 0.6) is 5.75 Å². The van der Waals surface area contributed by atoms with Crippen molar-refractivity contribution in [1.29, 1.82) is 0 Å². The van der Waals surface area contributed by atoms with Crippen LogP contribution in [0, 0.1) is 9.39 Å². The Hall–Kier alpha value is -1.44. The van der Waals surface area contributed by atoms with E-state index < -0.39 is 5.82 Å². The fourth-order valence-electron chi connectivity index (χ4n) is 1.80. The third-order valence-electron chi connectivity index (χ3n) is 2.86. The van der Waals surface area contributed by atoms with Crippen molar-refractivity contribution in [1.82, 2.24) is 9.97 Å². The number of benzene rings is 1. The Labute approximate surface area is 130 Å². The molecule has 1 aromatic heterocycles. The number of nitrogen functional groups attached to an aromatic ring is 1. The number of hydrogen-bond donors (Lipinski definition) is 1. The zero-order valence-corrected chi connectivity index (χ0v) is 13.6. The van der Waals surface area contributed by atoms with Crippen molar-refractivity contribution >= 4 is 28.4 Å². The molecule has 4 nitrogen and oxygen atoms in total. The average molecular weight is 387 g/mol. The molecular weight excluding hydrogens is 372 g/mol. The van der Waals surface area contributed by atoms with Gasteiger partial charge in [0.25, 0.3) is 0 Å². The fourth-order valence-corrected chi connectivity index (χ4v) is 2.66. The van der Waals surface area contributed by atoms with Crippen LogP contribution in [0.15, 0.2) is 18.2 Å². The molecule has 0 aliphatic heterocycles. The summed E-state index contributed by atoms with van der Waals surface area (Å²) >= 11 is 2.13. The molecule has 0 atom stereocenters. The highest BCUT2D eigenvalue weighted by atomic mass is 127. The predicted octanol–water partition coefficient (Wildman–Crippen LogP) is 3.60. The van der Waals surface area contributed by atoms with Gasteiger partial charge in [0.05, 0.1) is 16.4 Å². The Morgan fingerprint density at radius 3 is 2.55 bits per heavy atom. The highest BCUT2D eigenvalue weighted by Crippen LogP contribution is 2.28. The van der Waals surface area contributed by atoms with Gasteiger partial charge >= 0.3 is 0 Å². The first-order valence-electron chi connectivity index (χ1n) is 6.10. The molecule has 0 amide bonds. The molecule has 0 radical (unpaired) electrons. The van der Waals surface area contributed by atoms with Crippen molar-refractivity contribution in [2.24, 2.45) is 0 Å².